The van der Waals surface area contributed by atoms with Crippen LogP contribution in [0.3, 0.4) is 0 Å². The van der Waals surface area contributed by atoms with Gasteiger partial charge in [-0.3, -0.25) is 14.5 Å². The Morgan fingerprint density at radius 3 is 2.58 bits per heavy atom. The van der Waals surface area contributed by atoms with Gasteiger partial charge in [-0.1, -0.05) is 11.6 Å². The molecule has 1 N–H and O–H groups in total. The number of nitrogens with zero attached hydrogens (tertiary/aromatic N) is 1. The highest BCUT2D eigenvalue weighted by atomic mass is 35.5. The number of ketones is 1. The van der Waals surface area contributed by atoms with Crippen LogP contribution >= 0.6 is 11.6 Å². The molecule has 1 aliphatic rings. The highest BCUT2D eigenvalue weighted by molar-refractivity contribution is 6.51. The monoisotopic (exact) mass is 445 g/mol. The van der Waals surface area contributed by atoms with E-state index in [0.717, 1.165) is 17.0 Å². The number of hydrogen-bond acceptors (Lipinski definition) is 5. The predicted octanol–water partition coefficient (Wildman–Crippen LogP) is 4.85. The second-order valence-electron chi connectivity index (χ2n) is 6.62. The number of amides is 1. The van der Waals surface area contributed by atoms with E-state index in [2.05, 4.69) is 0 Å². The molecular weight excluding hydrogens is 432 g/mol. The summed E-state index contributed by atoms with van der Waals surface area (Å²) in [5.74, 6) is -4.40. The molecule has 1 saturated heterocycles. The summed E-state index contributed by atoms with van der Waals surface area (Å²) in [5.41, 5.74) is -0.643. The van der Waals surface area contributed by atoms with Crippen LogP contribution < -0.4 is 9.64 Å². The molecule has 4 rings (SSSR count). The van der Waals surface area contributed by atoms with E-state index in [1.54, 1.807) is 0 Å². The van der Waals surface area contributed by atoms with Crippen LogP contribution in [-0.2, 0) is 9.59 Å². The number of rotatable bonds is 4. The van der Waals surface area contributed by atoms with E-state index in [0.29, 0.717) is 6.07 Å². The van der Waals surface area contributed by atoms with Gasteiger partial charge in [0.05, 0.1) is 30.2 Å². The number of hydrogen-bond donors (Lipinski definition) is 1. The van der Waals surface area contributed by atoms with E-state index in [9.17, 15) is 23.5 Å². The maximum Gasteiger partial charge on any atom is 0.300 e. The number of furan rings is 1. The maximum absolute atomic E-state index is 14.5. The highest BCUT2D eigenvalue weighted by Gasteiger charge is 2.49. The number of benzene rings is 2. The minimum atomic E-state index is -1.31. The lowest BCUT2D eigenvalue weighted by atomic mass is 9.98. The van der Waals surface area contributed by atoms with E-state index in [4.69, 9.17) is 20.8 Å². The van der Waals surface area contributed by atoms with Crippen molar-refractivity contribution in [2.24, 2.45) is 0 Å². The molecule has 0 bridgehead atoms. The number of carbonyl (C=O) groups is 2. The van der Waals surface area contributed by atoms with Crippen molar-refractivity contribution in [2.75, 3.05) is 12.0 Å². The van der Waals surface area contributed by atoms with Crippen LogP contribution in [0.1, 0.15) is 17.4 Å². The first-order valence-electron chi connectivity index (χ1n) is 8.97. The standard InChI is InChI=1S/C22H14ClF2NO5/c1-30-16-7-4-11(23)9-13(16)20(27)18-19(17-3-2-8-31-17)26(22(29)21(18)28)15-6-5-12(24)10-14(15)25/h2-10,19,27H,1H3/b20-18-. The second kappa shape index (κ2) is 7.88. The maximum atomic E-state index is 14.5. The predicted molar refractivity (Wildman–Crippen MR) is 108 cm³/mol. The fourth-order valence-electron chi connectivity index (χ4n) is 3.48. The van der Waals surface area contributed by atoms with Gasteiger partial charge in [0.25, 0.3) is 11.7 Å². The van der Waals surface area contributed by atoms with Crippen molar-refractivity contribution in [3.05, 3.63) is 88.3 Å². The summed E-state index contributed by atoms with van der Waals surface area (Å²) in [4.78, 5) is 26.7. The Bertz CT molecular complexity index is 1220. The molecule has 1 amide bonds. The molecule has 0 spiro atoms. The summed E-state index contributed by atoms with van der Waals surface area (Å²) >= 11 is 6.03. The number of anilines is 1. The van der Waals surface area contributed by atoms with Crippen molar-refractivity contribution >= 4 is 34.7 Å². The van der Waals surface area contributed by atoms with Crippen LogP contribution in [0.5, 0.6) is 5.75 Å². The smallest absolute Gasteiger partial charge is 0.300 e. The molecule has 1 aromatic heterocycles. The summed E-state index contributed by atoms with van der Waals surface area (Å²) in [6, 6.07) is 8.61. The van der Waals surface area contributed by atoms with Crippen LogP contribution in [0.2, 0.25) is 5.02 Å². The number of aliphatic hydroxyl groups excluding tert-OH is 1. The van der Waals surface area contributed by atoms with E-state index >= 15 is 0 Å². The molecule has 158 valence electrons. The van der Waals surface area contributed by atoms with Gasteiger partial charge in [0, 0.05) is 11.1 Å². The molecule has 6 nitrogen and oxygen atoms in total. The molecule has 9 heteroatoms. The van der Waals surface area contributed by atoms with Gasteiger partial charge in [0.2, 0.25) is 0 Å². The van der Waals surface area contributed by atoms with Gasteiger partial charge < -0.3 is 14.3 Å². The zero-order chi connectivity index (χ0) is 22.3. The van der Waals surface area contributed by atoms with Crippen LogP contribution in [0.25, 0.3) is 5.76 Å². The van der Waals surface area contributed by atoms with E-state index in [-0.39, 0.29) is 33.4 Å². The summed E-state index contributed by atoms with van der Waals surface area (Å²) < 4.78 is 38.6. The Morgan fingerprint density at radius 1 is 1.16 bits per heavy atom. The van der Waals surface area contributed by atoms with Crippen LogP contribution in [-0.4, -0.2) is 23.9 Å². The van der Waals surface area contributed by atoms with E-state index < -0.39 is 35.1 Å². The average Bonchev–Trinajstić information content (AvgIpc) is 3.35. The normalized spacial score (nSPS) is 17.9. The summed E-state index contributed by atoms with van der Waals surface area (Å²) in [7, 11) is 1.36. The number of ether oxygens (including phenoxy) is 1. The van der Waals surface area contributed by atoms with Gasteiger partial charge >= 0.3 is 0 Å². The van der Waals surface area contributed by atoms with Crippen molar-refractivity contribution in [1.29, 1.82) is 0 Å². The summed E-state index contributed by atoms with van der Waals surface area (Å²) in [5, 5.41) is 11.3. The molecule has 0 saturated carbocycles. The molecule has 31 heavy (non-hydrogen) atoms. The van der Waals surface area contributed by atoms with E-state index in [1.807, 2.05) is 0 Å². The topological polar surface area (TPSA) is 80.0 Å². The zero-order valence-electron chi connectivity index (χ0n) is 15.9. The SMILES string of the molecule is COc1ccc(Cl)cc1/C(O)=C1/C(=O)C(=O)N(c2ccc(F)cc2F)C1c1ccco1. The minimum Gasteiger partial charge on any atom is -0.507 e. The average molecular weight is 446 g/mol. The highest BCUT2D eigenvalue weighted by Crippen LogP contribution is 2.44. The number of halogens is 3. The molecular formula is C22H14ClF2NO5. The Hall–Kier alpha value is -3.65. The first kappa shape index (κ1) is 20.6. The van der Waals surface area contributed by atoms with Crippen molar-refractivity contribution in [3.63, 3.8) is 0 Å². The molecule has 2 heterocycles. The van der Waals surface area contributed by atoms with Gasteiger partial charge in [0.15, 0.2) is 0 Å². The van der Waals surface area contributed by atoms with Crippen molar-refractivity contribution in [3.8, 4) is 5.75 Å². The third kappa shape index (κ3) is 3.44. The largest absolute Gasteiger partial charge is 0.507 e. The molecule has 1 unspecified atom stereocenters. The Morgan fingerprint density at radius 2 is 1.94 bits per heavy atom. The third-order valence-corrected chi connectivity index (χ3v) is 5.08. The summed E-state index contributed by atoms with van der Waals surface area (Å²) in [6.07, 6.45) is 1.30. The van der Waals surface area contributed by atoms with E-state index in [1.165, 1.54) is 43.7 Å². The quantitative estimate of drug-likeness (QED) is 0.353. The van der Waals surface area contributed by atoms with Crippen molar-refractivity contribution < 1.29 is 32.6 Å². The third-order valence-electron chi connectivity index (χ3n) is 4.84. The molecule has 0 radical (unpaired) electrons. The first-order chi connectivity index (χ1) is 14.8. The second-order valence-corrected chi connectivity index (χ2v) is 7.06. The van der Waals surface area contributed by atoms with Gasteiger partial charge in [-0.05, 0) is 42.5 Å². The Kier molecular flexibility index (Phi) is 5.24. The van der Waals surface area contributed by atoms with Crippen LogP contribution in [0, 0.1) is 11.6 Å². The fourth-order valence-corrected chi connectivity index (χ4v) is 3.66. The number of carbonyl (C=O) groups excluding carboxylic acids is 2. The number of methoxy groups -OCH3 is 1. The van der Waals surface area contributed by atoms with Crippen molar-refractivity contribution in [1.82, 2.24) is 0 Å². The lowest BCUT2D eigenvalue weighted by Gasteiger charge is -2.23. The first-order valence-corrected chi connectivity index (χ1v) is 9.34. The molecule has 3 aromatic rings. The lowest BCUT2D eigenvalue weighted by molar-refractivity contribution is -0.132. The Labute approximate surface area is 179 Å². The zero-order valence-corrected chi connectivity index (χ0v) is 16.7. The molecule has 1 aliphatic heterocycles. The van der Waals surface area contributed by atoms with Gasteiger partial charge in [0.1, 0.15) is 34.9 Å². The lowest BCUT2D eigenvalue weighted by Crippen LogP contribution is -2.30. The van der Waals surface area contributed by atoms with Crippen LogP contribution in [0.4, 0.5) is 14.5 Å². The van der Waals surface area contributed by atoms with Gasteiger partial charge in [-0.25, -0.2) is 8.78 Å². The van der Waals surface area contributed by atoms with Gasteiger partial charge in [-0.2, -0.15) is 0 Å². The molecule has 1 fully saturated rings. The van der Waals surface area contributed by atoms with Crippen molar-refractivity contribution in [2.45, 2.75) is 6.04 Å². The number of Topliss-reactive ketones (excluding diaryl/α,β-unsaturated/α-hetero) is 1. The number of aliphatic hydroxyl groups is 1. The molecule has 2 aromatic carbocycles. The Balaban J connectivity index is 1.98. The fraction of sp³-hybridized carbons (Fsp3) is 0.0909. The summed E-state index contributed by atoms with van der Waals surface area (Å²) in [6.45, 7) is 0. The minimum absolute atomic E-state index is 0.0594. The molecule has 0 aliphatic carbocycles. The molecule has 1 atom stereocenters. The van der Waals surface area contributed by atoms with Crippen LogP contribution in [0.15, 0.2) is 64.8 Å². The van der Waals surface area contributed by atoms with Gasteiger partial charge in [-0.15, -0.1) is 0 Å².